The molecular formula is C18H23NO3S. The topological polar surface area (TPSA) is 56.3 Å². The van der Waals surface area contributed by atoms with Crippen LogP contribution < -0.4 is 4.74 Å². The number of sulfone groups is 1. The van der Waals surface area contributed by atoms with Gasteiger partial charge in [-0.05, 0) is 38.8 Å². The molecule has 0 saturated heterocycles. The number of benzene rings is 1. The van der Waals surface area contributed by atoms with Crippen molar-refractivity contribution in [3.8, 4) is 5.88 Å². The molecule has 0 spiro atoms. The third-order valence-corrected chi connectivity index (χ3v) is 4.67. The van der Waals surface area contributed by atoms with Crippen LogP contribution in [0.5, 0.6) is 5.88 Å². The van der Waals surface area contributed by atoms with E-state index in [9.17, 15) is 8.42 Å². The SMILES string of the molecule is CC(C)(C)Oc1cccc(CS(=O)(=O)CCc2ccccc2)n1. The third-order valence-electron chi connectivity index (χ3n) is 3.10. The van der Waals surface area contributed by atoms with E-state index in [1.807, 2.05) is 51.1 Å². The highest BCUT2D eigenvalue weighted by Gasteiger charge is 2.16. The Bertz CT molecular complexity index is 734. The second-order valence-corrected chi connectivity index (χ2v) is 8.69. The number of ether oxygens (including phenoxy) is 1. The summed E-state index contributed by atoms with van der Waals surface area (Å²) in [5, 5.41) is 0. The Morgan fingerprint density at radius 1 is 1.00 bits per heavy atom. The predicted molar refractivity (Wildman–Crippen MR) is 92.3 cm³/mol. The molecule has 0 amide bonds. The molecule has 0 fully saturated rings. The summed E-state index contributed by atoms with van der Waals surface area (Å²) in [6.45, 7) is 5.79. The van der Waals surface area contributed by atoms with Gasteiger partial charge in [0.25, 0.3) is 0 Å². The van der Waals surface area contributed by atoms with Crippen molar-refractivity contribution in [2.75, 3.05) is 5.75 Å². The van der Waals surface area contributed by atoms with E-state index in [-0.39, 0.29) is 17.1 Å². The zero-order chi connectivity index (χ0) is 16.9. The van der Waals surface area contributed by atoms with Gasteiger partial charge >= 0.3 is 0 Å². The van der Waals surface area contributed by atoms with Crippen LogP contribution in [0.25, 0.3) is 0 Å². The summed E-state index contributed by atoms with van der Waals surface area (Å²) in [4.78, 5) is 4.30. The number of aryl methyl sites for hydroxylation is 1. The maximum atomic E-state index is 12.3. The van der Waals surface area contributed by atoms with Gasteiger partial charge in [-0.3, -0.25) is 0 Å². The summed E-state index contributed by atoms with van der Waals surface area (Å²) in [5.74, 6) is 0.498. The highest BCUT2D eigenvalue weighted by atomic mass is 32.2. The van der Waals surface area contributed by atoms with Crippen LogP contribution in [-0.2, 0) is 22.0 Å². The standard InChI is InChI=1S/C18H23NO3S/c1-18(2,3)22-17-11-7-10-16(19-17)14-23(20,21)13-12-15-8-5-4-6-9-15/h4-11H,12-14H2,1-3H3. The molecular weight excluding hydrogens is 310 g/mol. The minimum atomic E-state index is -3.21. The van der Waals surface area contributed by atoms with E-state index in [0.29, 0.717) is 18.0 Å². The first-order valence-electron chi connectivity index (χ1n) is 7.63. The van der Waals surface area contributed by atoms with Crippen molar-refractivity contribution >= 4 is 9.84 Å². The first-order chi connectivity index (χ1) is 10.7. The van der Waals surface area contributed by atoms with Crippen LogP contribution >= 0.6 is 0 Å². The van der Waals surface area contributed by atoms with Crippen molar-refractivity contribution in [2.24, 2.45) is 0 Å². The van der Waals surface area contributed by atoms with Crippen molar-refractivity contribution in [1.29, 1.82) is 0 Å². The normalized spacial score (nSPS) is 12.1. The second kappa shape index (κ2) is 7.13. The number of pyridine rings is 1. The molecule has 0 N–H and O–H groups in total. The Balaban J connectivity index is 2.01. The Morgan fingerprint density at radius 2 is 1.70 bits per heavy atom. The largest absolute Gasteiger partial charge is 0.472 e. The third kappa shape index (κ3) is 6.40. The first kappa shape index (κ1) is 17.5. The Kier molecular flexibility index (Phi) is 5.42. The predicted octanol–water partition coefficient (Wildman–Crippen LogP) is 3.42. The summed E-state index contributed by atoms with van der Waals surface area (Å²) in [5.41, 5.74) is 1.17. The maximum absolute atomic E-state index is 12.3. The molecule has 0 saturated carbocycles. The molecule has 2 aromatic rings. The van der Waals surface area contributed by atoms with Crippen molar-refractivity contribution in [2.45, 2.75) is 38.5 Å². The van der Waals surface area contributed by atoms with E-state index < -0.39 is 9.84 Å². The van der Waals surface area contributed by atoms with Crippen LogP contribution in [-0.4, -0.2) is 24.8 Å². The molecule has 1 aromatic heterocycles. The zero-order valence-electron chi connectivity index (χ0n) is 13.8. The number of nitrogens with zero attached hydrogens (tertiary/aromatic N) is 1. The fourth-order valence-corrected chi connectivity index (χ4v) is 3.43. The van der Waals surface area contributed by atoms with Gasteiger partial charge in [-0.15, -0.1) is 0 Å². The lowest BCUT2D eigenvalue weighted by atomic mass is 10.2. The zero-order valence-corrected chi connectivity index (χ0v) is 14.6. The summed E-state index contributed by atoms with van der Waals surface area (Å²) in [7, 11) is -3.21. The average Bonchev–Trinajstić information content (AvgIpc) is 2.44. The van der Waals surface area contributed by atoms with Gasteiger partial charge in [0, 0.05) is 6.07 Å². The summed E-state index contributed by atoms with van der Waals surface area (Å²) in [6.07, 6.45) is 0.515. The number of aromatic nitrogens is 1. The molecule has 2 rings (SSSR count). The van der Waals surface area contributed by atoms with Crippen LogP contribution in [0, 0.1) is 0 Å². The van der Waals surface area contributed by atoms with Gasteiger partial charge in [-0.1, -0.05) is 36.4 Å². The van der Waals surface area contributed by atoms with Crippen molar-refractivity contribution in [3.05, 3.63) is 59.8 Å². The van der Waals surface area contributed by atoms with Crippen LogP contribution in [0.4, 0.5) is 0 Å². The van der Waals surface area contributed by atoms with Gasteiger partial charge in [0.2, 0.25) is 5.88 Å². The van der Waals surface area contributed by atoms with E-state index >= 15 is 0 Å². The minimum Gasteiger partial charge on any atom is -0.472 e. The molecule has 0 atom stereocenters. The van der Waals surface area contributed by atoms with Crippen LogP contribution in [0.3, 0.4) is 0 Å². The van der Waals surface area contributed by atoms with Gasteiger partial charge < -0.3 is 4.74 Å². The highest BCUT2D eigenvalue weighted by molar-refractivity contribution is 7.90. The van der Waals surface area contributed by atoms with Crippen molar-refractivity contribution in [3.63, 3.8) is 0 Å². The monoisotopic (exact) mass is 333 g/mol. The van der Waals surface area contributed by atoms with Crippen LogP contribution in [0.15, 0.2) is 48.5 Å². The van der Waals surface area contributed by atoms with E-state index in [1.165, 1.54) is 0 Å². The fourth-order valence-electron chi connectivity index (χ4n) is 2.12. The lowest BCUT2D eigenvalue weighted by molar-refractivity contribution is 0.124. The molecule has 23 heavy (non-hydrogen) atoms. The van der Waals surface area contributed by atoms with Gasteiger partial charge in [0.1, 0.15) is 5.60 Å². The van der Waals surface area contributed by atoms with Gasteiger partial charge in [0.05, 0.1) is 17.2 Å². The minimum absolute atomic E-state index is 0.0683. The lowest BCUT2D eigenvalue weighted by Crippen LogP contribution is -2.23. The summed E-state index contributed by atoms with van der Waals surface area (Å²) < 4.78 is 30.3. The maximum Gasteiger partial charge on any atom is 0.213 e. The molecule has 0 bridgehead atoms. The van der Waals surface area contributed by atoms with E-state index in [4.69, 9.17) is 4.74 Å². The average molecular weight is 333 g/mol. The van der Waals surface area contributed by atoms with Gasteiger partial charge in [0.15, 0.2) is 9.84 Å². The van der Waals surface area contributed by atoms with Crippen LogP contribution in [0.2, 0.25) is 0 Å². The summed E-state index contributed by atoms with van der Waals surface area (Å²) >= 11 is 0. The van der Waals surface area contributed by atoms with E-state index in [1.54, 1.807) is 18.2 Å². The highest BCUT2D eigenvalue weighted by Crippen LogP contribution is 2.17. The Morgan fingerprint density at radius 3 is 2.35 bits per heavy atom. The lowest BCUT2D eigenvalue weighted by Gasteiger charge is -2.20. The van der Waals surface area contributed by atoms with Crippen LogP contribution in [0.1, 0.15) is 32.0 Å². The molecule has 0 unspecified atom stereocenters. The molecule has 5 heteroatoms. The first-order valence-corrected chi connectivity index (χ1v) is 9.45. The van der Waals surface area contributed by atoms with E-state index in [2.05, 4.69) is 4.98 Å². The second-order valence-electron chi connectivity index (χ2n) is 6.51. The molecule has 4 nitrogen and oxygen atoms in total. The molecule has 0 radical (unpaired) electrons. The van der Waals surface area contributed by atoms with E-state index in [0.717, 1.165) is 5.56 Å². The molecule has 0 aliphatic heterocycles. The molecule has 0 aliphatic rings. The Hall–Kier alpha value is -1.88. The van der Waals surface area contributed by atoms with Crippen molar-refractivity contribution < 1.29 is 13.2 Å². The smallest absolute Gasteiger partial charge is 0.213 e. The van der Waals surface area contributed by atoms with Gasteiger partial charge in [-0.2, -0.15) is 0 Å². The van der Waals surface area contributed by atoms with Gasteiger partial charge in [-0.25, -0.2) is 13.4 Å². The van der Waals surface area contributed by atoms with Crippen molar-refractivity contribution in [1.82, 2.24) is 4.98 Å². The molecule has 1 heterocycles. The number of rotatable bonds is 6. The molecule has 0 aliphatic carbocycles. The Labute approximate surface area is 138 Å². The number of hydrogen-bond acceptors (Lipinski definition) is 4. The fraction of sp³-hybridized carbons (Fsp3) is 0.389. The number of hydrogen-bond donors (Lipinski definition) is 0. The quantitative estimate of drug-likeness (QED) is 0.813. The molecule has 1 aromatic carbocycles. The molecule has 124 valence electrons. The summed E-state index contributed by atoms with van der Waals surface area (Å²) in [6, 6.07) is 14.9.